The lowest BCUT2D eigenvalue weighted by Crippen LogP contribution is -2.10. The minimum Gasteiger partial charge on any atom is -0.423 e. The van der Waals surface area contributed by atoms with Crippen molar-refractivity contribution < 1.29 is 9.34 Å². The Morgan fingerprint density at radius 3 is 2.95 bits per heavy atom. The van der Waals surface area contributed by atoms with Gasteiger partial charge in [-0.2, -0.15) is 4.98 Å². The second-order valence-corrected chi connectivity index (χ2v) is 4.93. The number of nitrogens with one attached hydrogen (secondary N) is 1. The van der Waals surface area contributed by atoms with Gasteiger partial charge in [0, 0.05) is 12.6 Å². The molecule has 0 aliphatic heterocycles. The summed E-state index contributed by atoms with van der Waals surface area (Å²) in [6.07, 6.45) is 5.03. The van der Waals surface area contributed by atoms with Gasteiger partial charge in [0.05, 0.1) is 4.92 Å². The Bertz CT molecular complexity index is 602. The molecule has 6 heteroatoms. The Hall–Kier alpha value is -2.11. The summed E-state index contributed by atoms with van der Waals surface area (Å²) in [6.45, 7) is 0.820. The van der Waals surface area contributed by atoms with E-state index in [1.807, 2.05) is 0 Å². The number of oxazole rings is 1. The van der Waals surface area contributed by atoms with E-state index in [1.165, 1.54) is 31.7 Å². The van der Waals surface area contributed by atoms with Crippen molar-refractivity contribution in [1.29, 1.82) is 0 Å². The number of nitrogens with zero attached hydrogens (tertiary/aromatic N) is 2. The maximum atomic E-state index is 10.9. The monoisotopic (exact) mass is 261 g/mol. The van der Waals surface area contributed by atoms with Crippen LogP contribution >= 0.6 is 0 Å². The predicted octanol–water partition coefficient (Wildman–Crippen LogP) is 3.34. The van der Waals surface area contributed by atoms with E-state index in [2.05, 4.69) is 10.3 Å². The average Bonchev–Trinajstić information content (AvgIpc) is 3.04. The van der Waals surface area contributed by atoms with Gasteiger partial charge in [-0.15, -0.1) is 0 Å². The molecular weight excluding hydrogens is 246 g/mol. The normalized spacial score (nSPS) is 16.0. The summed E-state index contributed by atoms with van der Waals surface area (Å²) < 4.78 is 5.49. The second kappa shape index (κ2) is 4.87. The number of nitro groups is 1. The van der Waals surface area contributed by atoms with Crippen molar-refractivity contribution in [2.24, 2.45) is 5.92 Å². The number of aromatic nitrogens is 1. The maximum Gasteiger partial charge on any atom is 0.298 e. The van der Waals surface area contributed by atoms with Gasteiger partial charge >= 0.3 is 0 Å². The van der Waals surface area contributed by atoms with Gasteiger partial charge in [-0.05, 0) is 24.8 Å². The number of benzene rings is 1. The molecule has 2 aromatic rings. The van der Waals surface area contributed by atoms with Crippen molar-refractivity contribution >= 4 is 22.8 Å². The number of rotatable bonds is 4. The number of anilines is 1. The van der Waals surface area contributed by atoms with Crippen LogP contribution in [0.1, 0.15) is 25.7 Å². The quantitative estimate of drug-likeness (QED) is 0.674. The van der Waals surface area contributed by atoms with E-state index in [-0.39, 0.29) is 5.69 Å². The molecule has 0 spiro atoms. The van der Waals surface area contributed by atoms with Crippen LogP contribution in [0.5, 0.6) is 0 Å². The van der Waals surface area contributed by atoms with Crippen molar-refractivity contribution in [2.45, 2.75) is 25.7 Å². The van der Waals surface area contributed by atoms with Crippen LogP contribution in [-0.4, -0.2) is 16.5 Å². The highest BCUT2D eigenvalue weighted by molar-refractivity contribution is 5.83. The average molecular weight is 261 g/mol. The van der Waals surface area contributed by atoms with Gasteiger partial charge < -0.3 is 9.73 Å². The molecule has 1 saturated carbocycles. The van der Waals surface area contributed by atoms with Gasteiger partial charge in [-0.1, -0.05) is 18.9 Å². The molecule has 0 atom stereocenters. The van der Waals surface area contributed by atoms with Crippen molar-refractivity contribution in [1.82, 2.24) is 4.98 Å². The van der Waals surface area contributed by atoms with Crippen molar-refractivity contribution in [3.05, 3.63) is 28.3 Å². The fourth-order valence-corrected chi connectivity index (χ4v) is 2.60. The van der Waals surface area contributed by atoms with Gasteiger partial charge in [-0.3, -0.25) is 10.1 Å². The molecule has 1 fully saturated rings. The number of fused-ring (bicyclic) bond motifs is 1. The number of hydrogen-bond acceptors (Lipinski definition) is 5. The molecule has 1 heterocycles. The third-order valence-corrected chi connectivity index (χ3v) is 3.61. The molecule has 3 rings (SSSR count). The Morgan fingerprint density at radius 1 is 1.42 bits per heavy atom. The molecule has 1 aromatic carbocycles. The molecular formula is C13H15N3O3. The molecule has 19 heavy (non-hydrogen) atoms. The Balaban J connectivity index is 1.80. The molecule has 6 nitrogen and oxygen atoms in total. The first-order valence-electron chi connectivity index (χ1n) is 6.52. The fraction of sp³-hybridized carbons (Fsp3) is 0.462. The lowest BCUT2D eigenvalue weighted by Gasteiger charge is -2.07. The minimum atomic E-state index is -0.439. The largest absolute Gasteiger partial charge is 0.423 e. The summed E-state index contributed by atoms with van der Waals surface area (Å²) in [5, 5.41) is 14.0. The SMILES string of the molecule is O=[N+]([O-])c1cccc2oc(NCC3CCCC3)nc12. The van der Waals surface area contributed by atoms with Crippen molar-refractivity contribution in [2.75, 3.05) is 11.9 Å². The summed E-state index contributed by atoms with van der Waals surface area (Å²) in [4.78, 5) is 14.6. The lowest BCUT2D eigenvalue weighted by atomic mass is 10.1. The minimum absolute atomic E-state index is 0.0184. The maximum absolute atomic E-state index is 10.9. The third kappa shape index (κ3) is 2.38. The van der Waals surface area contributed by atoms with Crippen LogP contribution < -0.4 is 5.32 Å². The summed E-state index contributed by atoms with van der Waals surface area (Å²) in [6, 6.07) is 5.10. The second-order valence-electron chi connectivity index (χ2n) is 4.93. The van der Waals surface area contributed by atoms with Crippen LogP contribution in [0.15, 0.2) is 22.6 Å². The summed E-state index contributed by atoms with van der Waals surface area (Å²) in [7, 11) is 0. The van der Waals surface area contributed by atoms with Gasteiger partial charge in [0.15, 0.2) is 11.1 Å². The summed E-state index contributed by atoms with van der Waals surface area (Å²) in [5.41, 5.74) is 0.736. The molecule has 0 unspecified atom stereocenters. The molecule has 1 aromatic heterocycles. The highest BCUT2D eigenvalue weighted by atomic mass is 16.6. The van der Waals surface area contributed by atoms with Gasteiger partial charge in [0.1, 0.15) is 0 Å². The topological polar surface area (TPSA) is 81.2 Å². The highest BCUT2D eigenvalue weighted by Gasteiger charge is 2.19. The van der Waals surface area contributed by atoms with Crippen molar-refractivity contribution in [3.63, 3.8) is 0 Å². The molecule has 1 N–H and O–H groups in total. The highest BCUT2D eigenvalue weighted by Crippen LogP contribution is 2.28. The zero-order valence-corrected chi connectivity index (χ0v) is 10.5. The van der Waals surface area contributed by atoms with E-state index in [1.54, 1.807) is 12.1 Å². The van der Waals surface area contributed by atoms with E-state index >= 15 is 0 Å². The van der Waals surface area contributed by atoms with Crippen LogP contribution in [0.25, 0.3) is 11.1 Å². The van der Waals surface area contributed by atoms with Crippen LogP contribution in [0.2, 0.25) is 0 Å². The van der Waals surface area contributed by atoms with Crippen LogP contribution in [0, 0.1) is 16.0 Å². The predicted molar refractivity (Wildman–Crippen MR) is 71.1 cm³/mol. The first-order chi connectivity index (χ1) is 9.24. The standard InChI is InChI=1S/C13H15N3O3/c17-16(18)10-6-3-7-11-12(10)15-13(19-11)14-8-9-4-1-2-5-9/h3,6-7,9H,1-2,4-5,8H2,(H,14,15). The first kappa shape index (κ1) is 12.0. The Kier molecular flexibility index (Phi) is 3.06. The van der Waals surface area contributed by atoms with E-state index in [9.17, 15) is 10.1 Å². The van der Waals surface area contributed by atoms with Crippen LogP contribution in [-0.2, 0) is 0 Å². The molecule has 0 saturated heterocycles. The zero-order valence-electron chi connectivity index (χ0n) is 10.5. The number of hydrogen-bond donors (Lipinski definition) is 1. The lowest BCUT2D eigenvalue weighted by molar-refractivity contribution is -0.383. The van der Waals surface area contributed by atoms with Gasteiger partial charge in [-0.25, -0.2) is 0 Å². The summed E-state index contributed by atoms with van der Waals surface area (Å²) in [5.74, 6) is 0.657. The fourth-order valence-electron chi connectivity index (χ4n) is 2.60. The third-order valence-electron chi connectivity index (χ3n) is 3.61. The summed E-state index contributed by atoms with van der Waals surface area (Å²) >= 11 is 0. The van der Waals surface area contributed by atoms with Crippen molar-refractivity contribution in [3.8, 4) is 0 Å². The molecule has 1 aliphatic carbocycles. The number of non-ortho nitro benzene ring substituents is 1. The van der Waals surface area contributed by atoms with E-state index < -0.39 is 4.92 Å². The van der Waals surface area contributed by atoms with E-state index in [0.29, 0.717) is 23.0 Å². The van der Waals surface area contributed by atoms with E-state index in [4.69, 9.17) is 4.42 Å². The molecule has 0 radical (unpaired) electrons. The smallest absolute Gasteiger partial charge is 0.298 e. The molecule has 1 aliphatic rings. The van der Waals surface area contributed by atoms with Crippen LogP contribution in [0.3, 0.4) is 0 Å². The van der Waals surface area contributed by atoms with Crippen LogP contribution in [0.4, 0.5) is 11.7 Å². The van der Waals surface area contributed by atoms with Gasteiger partial charge in [0.2, 0.25) is 0 Å². The zero-order chi connectivity index (χ0) is 13.2. The Labute approximate surface area is 110 Å². The first-order valence-corrected chi connectivity index (χ1v) is 6.52. The molecule has 100 valence electrons. The molecule has 0 bridgehead atoms. The Morgan fingerprint density at radius 2 is 2.21 bits per heavy atom. The van der Waals surface area contributed by atoms with Gasteiger partial charge in [0.25, 0.3) is 11.7 Å². The number of para-hydroxylation sites is 1. The number of nitro benzene ring substituents is 1. The van der Waals surface area contributed by atoms with E-state index in [0.717, 1.165) is 6.54 Å². The molecule has 0 amide bonds.